The average Bonchev–Trinajstić information content (AvgIpc) is 2.72. The van der Waals surface area contributed by atoms with Crippen molar-refractivity contribution in [1.82, 2.24) is 14.5 Å². The Labute approximate surface area is 198 Å². The van der Waals surface area contributed by atoms with Gasteiger partial charge >= 0.3 is 11.8 Å². The summed E-state index contributed by atoms with van der Waals surface area (Å²) in [5.41, 5.74) is 1.55. The van der Waals surface area contributed by atoms with E-state index < -0.39 is 29.0 Å². The lowest BCUT2D eigenvalue weighted by Crippen LogP contribution is -2.40. The minimum Gasteiger partial charge on any atom is -0.450 e. The first-order valence-corrected chi connectivity index (χ1v) is 10.4. The topological polar surface area (TPSA) is 148 Å². The van der Waals surface area contributed by atoms with E-state index in [1.807, 2.05) is 5.32 Å². The fourth-order valence-electron chi connectivity index (χ4n) is 2.68. The molecule has 0 atom stereocenters. The summed E-state index contributed by atoms with van der Waals surface area (Å²) in [6.45, 7) is 5.04. The van der Waals surface area contributed by atoms with Crippen LogP contribution >= 0.6 is 23.2 Å². The van der Waals surface area contributed by atoms with Crippen LogP contribution in [0.25, 0.3) is 0 Å². The Morgan fingerprint density at radius 3 is 2.42 bits per heavy atom. The Bertz CT molecular complexity index is 1240. The molecule has 11 nitrogen and oxygen atoms in total. The van der Waals surface area contributed by atoms with E-state index in [1.54, 1.807) is 26.8 Å². The third-order valence-electron chi connectivity index (χ3n) is 4.18. The number of hydrogen-bond acceptors (Lipinski definition) is 8. The number of amides is 2. The fraction of sp³-hybridized carbons (Fsp3) is 0.300. The number of nitrogens with zero attached hydrogens (tertiary/aromatic N) is 4. The van der Waals surface area contributed by atoms with Gasteiger partial charge in [-0.15, -0.1) is 0 Å². The summed E-state index contributed by atoms with van der Waals surface area (Å²) in [5.74, 6) is -1.06. The Hall–Kier alpha value is -3.62. The van der Waals surface area contributed by atoms with Crippen LogP contribution in [0.15, 0.2) is 39.1 Å². The number of carbonyl (C=O) groups excluding carboxylic acids is 2. The van der Waals surface area contributed by atoms with E-state index in [4.69, 9.17) is 28.5 Å². The zero-order valence-electron chi connectivity index (χ0n) is 17.9. The predicted molar refractivity (Wildman–Crippen MR) is 123 cm³/mol. The van der Waals surface area contributed by atoms with Crippen molar-refractivity contribution >= 4 is 46.6 Å². The van der Waals surface area contributed by atoms with E-state index in [0.29, 0.717) is 5.56 Å². The smallest absolute Gasteiger partial charge is 0.414 e. The minimum atomic E-state index is -1.06. The molecule has 0 spiro atoms. The molecule has 1 aromatic heterocycles. The normalized spacial score (nSPS) is 11.1. The molecule has 0 unspecified atom stereocenters. The number of anilines is 1. The molecule has 2 rings (SSSR count). The van der Waals surface area contributed by atoms with Gasteiger partial charge < -0.3 is 4.74 Å². The molecule has 1 aromatic carbocycles. The first kappa shape index (κ1) is 25.6. The molecule has 1 heterocycles. The molecule has 0 saturated heterocycles. The highest BCUT2D eigenvalue weighted by Gasteiger charge is 2.16. The van der Waals surface area contributed by atoms with Crippen molar-refractivity contribution in [3.05, 3.63) is 60.8 Å². The highest BCUT2D eigenvalue weighted by Crippen LogP contribution is 2.29. The van der Waals surface area contributed by atoms with E-state index in [0.717, 1.165) is 4.57 Å². The van der Waals surface area contributed by atoms with Crippen LogP contribution in [0.3, 0.4) is 0 Å². The lowest BCUT2D eigenvalue weighted by molar-refractivity contribution is -0.114. The van der Waals surface area contributed by atoms with Crippen LogP contribution in [-0.4, -0.2) is 33.5 Å². The number of hydrogen-bond donors (Lipinski definition) is 2. The van der Waals surface area contributed by atoms with Gasteiger partial charge in [0.05, 0.1) is 18.8 Å². The monoisotopic (exact) mass is 494 g/mol. The third kappa shape index (κ3) is 6.44. The second kappa shape index (κ2) is 11.3. The standard InChI is InChI=1S/C20H20Cl2N6O5/c1-4-33-19(31)24-18(30)16(9-23)26-25-12-7-14(21)13(15(22)8-12)10-27-6-5-17(29)28(11(2)3)20(27)32/h5-8,11,25H,4,10H2,1-3H3,(H,24,30,31)/b26-16+. The maximum Gasteiger partial charge on any atom is 0.414 e. The third-order valence-corrected chi connectivity index (χ3v) is 4.86. The van der Waals surface area contributed by atoms with Gasteiger partial charge in [0.2, 0.25) is 5.71 Å². The highest BCUT2D eigenvalue weighted by atomic mass is 35.5. The summed E-state index contributed by atoms with van der Waals surface area (Å²) >= 11 is 12.6. The first-order valence-electron chi connectivity index (χ1n) is 9.60. The lowest BCUT2D eigenvalue weighted by Gasteiger charge is -2.14. The SMILES string of the molecule is CCOC(=O)NC(=O)/C(C#N)=N/Nc1cc(Cl)c(Cn2ccc(=O)n(C(C)C)c2=O)c(Cl)c1. The molecule has 0 radical (unpaired) electrons. The highest BCUT2D eigenvalue weighted by molar-refractivity contribution is 6.47. The van der Waals surface area contributed by atoms with Gasteiger partial charge in [0.15, 0.2) is 0 Å². The first-order chi connectivity index (χ1) is 15.6. The van der Waals surface area contributed by atoms with Gasteiger partial charge in [-0.2, -0.15) is 10.4 Å². The van der Waals surface area contributed by atoms with Crippen LogP contribution in [0.1, 0.15) is 32.4 Å². The summed E-state index contributed by atoms with van der Waals surface area (Å²) in [5, 5.41) is 14.9. The second-order valence-corrected chi connectivity index (χ2v) is 7.62. The van der Waals surface area contributed by atoms with Gasteiger partial charge in [0.1, 0.15) is 6.07 Å². The summed E-state index contributed by atoms with van der Waals surface area (Å²) in [7, 11) is 0. The largest absolute Gasteiger partial charge is 0.450 e. The number of ether oxygens (including phenoxy) is 1. The number of hydrazone groups is 1. The molecular weight excluding hydrogens is 475 g/mol. The van der Waals surface area contributed by atoms with Crippen LogP contribution < -0.4 is 22.0 Å². The zero-order chi connectivity index (χ0) is 24.7. The number of rotatable bonds is 7. The van der Waals surface area contributed by atoms with Crippen molar-refractivity contribution < 1.29 is 14.3 Å². The molecule has 0 saturated carbocycles. The number of aromatic nitrogens is 2. The molecule has 13 heteroatoms. The molecule has 0 bridgehead atoms. The van der Waals surface area contributed by atoms with Gasteiger partial charge in [0, 0.05) is 33.9 Å². The Kier molecular flexibility index (Phi) is 8.78. The number of halogens is 2. The summed E-state index contributed by atoms with van der Waals surface area (Å²) < 4.78 is 6.97. The van der Waals surface area contributed by atoms with Gasteiger partial charge in [-0.25, -0.2) is 9.59 Å². The molecule has 0 fully saturated rings. The fourth-order valence-corrected chi connectivity index (χ4v) is 3.29. The van der Waals surface area contributed by atoms with Gasteiger partial charge in [0.25, 0.3) is 11.5 Å². The minimum absolute atomic E-state index is 0.00155. The Morgan fingerprint density at radius 2 is 1.88 bits per heavy atom. The molecule has 2 N–H and O–H groups in total. The molecular formula is C20H20Cl2N6O5. The van der Waals surface area contributed by atoms with Crippen molar-refractivity contribution in [2.75, 3.05) is 12.0 Å². The quantitative estimate of drug-likeness (QED) is 0.443. The van der Waals surface area contributed by atoms with Gasteiger partial charge in [-0.05, 0) is 32.9 Å². The number of nitriles is 1. The van der Waals surface area contributed by atoms with E-state index in [1.165, 1.54) is 29.0 Å². The van der Waals surface area contributed by atoms with E-state index in [-0.39, 0.29) is 34.9 Å². The zero-order valence-corrected chi connectivity index (χ0v) is 19.4. The molecule has 0 aliphatic rings. The molecule has 0 aliphatic carbocycles. The van der Waals surface area contributed by atoms with Crippen LogP contribution in [0.4, 0.5) is 10.5 Å². The number of imide groups is 1. The molecule has 174 valence electrons. The lowest BCUT2D eigenvalue weighted by atomic mass is 10.2. The molecule has 0 aliphatic heterocycles. The Balaban J connectivity index is 2.27. The summed E-state index contributed by atoms with van der Waals surface area (Å²) in [6, 6.07) is 5.35. The van der Waals surface area contributed by atoms with Crippen molar-refractivity contribution in [1.29, 1.82) is 5.26 Å². The molecule has 33 heavy (non-hydrogen) atoms. The number of nitrogens with one attached hydrogen (secondary N) is 2. The van der Waals surface area contributed by atoms with Crippen LogP contribution in [0.5, 0.6) is 0 Å². The van der Waals surface area contributed by atoms with Crippen LogP contribution in [0.2, 0.25) is 10.0 Å². The average molecular weight is 495 g/mol. The second-order valence-electron chi connectivity index (χ2n) is 6.81. The maximum atomic E-state index is 12.6. The molecule has 2 aromatic rings. The molecule has 2 amide bonds. The summed E-state index contributed by atoms with van der Waals surface area (Å²) in [4.78, 5) is 47.8. The maximum absolute atomic E-state index is 12.6. The van der Waals surface area contributed by atoms with Gasteiger partial charge in [-0.3, -0.25) is 29.5 Å². The number of benzene rings is 1. The van der Waals surface area contributed by atoms with Crippen molar-refractivity contribution in [2.45, 2.75) is 33.4 Å². The van der Waals surface area contributed by atoms with Crippen LogP contribution in [-0.2, 0) is 16.1 Å². The van der Waals surface area contributed by atoms with Crippen molar-refractivity contribution in [2.24, 2.45) is 5.10 Å². The van der Waals surface area contributed by atoms with E-state index in [2.05, 4.69) is 15.3 Å². The predicted octanol–water partition coefficient (Wildman–Crippen LogP) is 2.51. The Morgan fingerprint density at radius 1 is 1.24 bits per heavy atom. The van der Waals surface area contributed by atoms with E-state index in [9.17, 15) is 19.2 Å². The van der Waals surface area contributed by atoms with Crippen molar-refractivity contribution in [3.63, 3.8) is 0 Å². The number of carbonyl (C=O) groups is 2. The van der Waals surface area contributed by atoms with Crippen LogP contribution in [0, 0.1) is 11.3 Å². The summed E-state index contributed by atoms with van der Waals surface area (Å²) in [6.07, 6.45) is 0.341. The number of alkyl carbamates (subject to hydrolysis) is 1. The van der Waals surface area contributed by atoms with E-state index >= 15 is 0 Å². The van der Waals surface area contributed by atoms with Gasteiger partial charge in [-0.1, -0.05) is 23.2 Å². The van der Waals surface area contributed by atoms with Crippen molar-refractivity contribution in [3.8, 4) is 6.07 Å².